The number of hydrogen-bond acceptors (Lipinski definition) is 3. The van der Waals surface area contributed by atoms with Crippen LogP contribution in [0.5, 0.6) is 0 Å². The molecule has 0 unspecified atom stereocenters. The molecule has 0 aliphatic rings. The van der Waals surface area contributed by atoms with Gasteiger partial charge in [0.15, 0.2) is 0 Å². The van der Waals surface area contributed by atoms with Crippen molar-refractivity contribution in [2.45, 2.75) is 11.4 Å². The molecule has 0 saturated carbocycles. The van der Waals surface area contributed by atoms with Gasteiger partial charge in [0.05, 0.1) is 4.90 Å². The van der Waals surface area contributed by atoms with Gasteiger partial charge in [-0.2, -0.15) is 0 Å². The standard InChI is InChI=1S/C20H17FN2O3S/c21-17-10-6-15(7-11-17)14-22-27(25,26)19-12-8-16(9-13-19)20(24)23-18-4-2-1-3-5-18/h1-13,22H,14H2,(H,23,24). The Balaban J connectivity index is 1.66. The molecule has 138 valence electrons. The number of benzene rings is 3. The molecule has 27 heavy (non-hydrogen) atoms. The van der Waals surface area contributed by atoms with E-state index in [-0.39, 0.29) is 23.2 Å². The molecule has 0 aromatic heterocycles. The van der Waals surface area contributed by atoms with E-state index in [0.717, 1.165) is 0 Å². The average Bonchev–Trinajstić information content (AvgIpc) is 2.68. The number of carbonyl (C=O) groups is 1. The Kier molecular flexibility index (Phi) is 5.63. The predicted octanol–water partition coefficient (Wildman–Crippen LogP) is 3.56. The molecule has 0 bridgehead atoms. The molecule has 3 aromatic carbocycles. The van der Waals surface area contributed by atoms with Crippen LogP contribution in [-0.2, 0) is 16.6 Å². The van der Waals surface area contributed by atoms with E-state index < -0.39 is 10.0 Å². The minimum atomic E-state index is -3.75. The second-order valence-electron chi connectivity index (χ2n) is 5.80. The van der Waals surface area contributed by atoms with E-state index in [2.05, 4.69) is 10.0 Å². The average molecular weight is 384 g/mol. The van der Waals surface area contributed by atoms with Gasteiger partial charge < -0.3 is 5.32 Å². The zero-order valence-electron chi connectivity index (χ0n) is 14.2. The predicted molar refractivity (Wildman–Crippen MR) is 101 cm³/mol. The Labute approximate surface area is 156 Å². The molecule has 0 spiro atoms. The van der Waals surface area contributed by atoms with Gasteiger partial charge >= 0.3 is 0 Å². The van der Waals surface area contributed by atoms with Crippen LogP contribution in [0.15, 0.2) is 83.8 Å². The van der Waals surface area contributed by atoms with Gasteiger partial charge in [0.2, 0.25) is 10.0 Å². The first kappa shape index (κ1) is 18.8. The smallest absolute Gasteiger partial charge is 0.255 e. The Morgan fingerprint density at radius 2 is 1.48 bits per heavy atom. The highest BCUT2D eigenvalue weighted by Crippen LogP contribution is 2.14. The third kappa shape index (κ3) is 4.99. The second-order valence-corrected chi connectivity index (χ2v) is 7.56. The summed E-state index contributed by atoms with van der Waals surface area (Å²) in [5.41, 5.74) is 1.63. The van der Waals surface area contributed by atoms with Crippen molar-refractivity contribution in [2.75, 3.05) is 5.32 Å². The van der Waals surface area contributed by atoms with Crippen LogP contribution in [0.2, 0.25) is 0 Å². The van der Waals surface area contributed by atoms with E-state index in [4.69, 9.17) is 0 Å². The molecule has 3 rings (SSSR count). The summed E-state index contributed by atoms with van der Waals surface area (Å²) >= 11 is 0. The number of sulfonamides is 1. The van der Waals surface area contributed by atoms with Crippen LogP contribution in [0, 0.1) is 5.82 Å². The lowest BCUT2D eigenvalue weighted by Gasteiger charge is -2.08. The van der Waals surface area contributed by atoms with Crippen molar-refractivity contribution in [1.82, 2.24) is 4.72 Å². The fraction of sp³-hybridized carbons (Fsp3) is 0.0500. The summed E-state index contributed by atoms with van der Waals surface area (Å²) in [7, 11) is -3.75. The van der Waals surface area contributed by atoms with Crippen LogP contribution in [0.1, 0.15) is 15.9 Å². The first-order chi connectivity index (χ1) is 12.9. The van der Waals surface area contributed by atoms with Crippen molar-refractivity contribution < 1.29 is 17.6 Å². The SMILES string of the molecule is O=C(Nc1ccccc1)c1ccc(S(=O)(=O)NCc2ccc(F)cc2)cc1. The zero-order valence-corrected chi connectivity index (χ0v) is 15.0. The number of amides is 1. The summed E-state index contributed by atoms with van der Waals surface area (Å²) in [4.78, 5) is 12.2. The number of carbonyl (C=O) groups excluding carboxylic acids is 1. The van der Waals surface area contributed by atoms with E-state index in [9.17, 15) is 17.6 Å². The molecule has 5 nitrogen and oxygen atoms in total. The number of hydrogen-bond donors (Lipinski definition) is 2. The first-order valence-corrected chi connectivity index (χ1v) is 9.63. The largest absolute Gasteiger partial charge is 0.322 e. The Morgan fingerprint density at radius 3 is 2.11 bits per heavy atom. The van der Waals surface area contributed by atoms with Crippen LogP contribution < -0.4 is 10.0 Å². The molecular formula is C20H17FN2O3S. The minimum Gasteiger partial charge on any atom is -0.322 e. The number of para-hydroxylation sites is 1. The van der Waals surface area contributed by atoms with E-state index in [1.54, 1.807) is 24.3 Å². The highest BCUT2D eigenvalue weighted by Gasteiger charge is 2.15. The second kappa shape index (κ2) is 8.11. The van der Waals surface area contributed by atoms with Crippen molar-refractivity contribution in [3.8, 4) is 0 Å². The summed E-state index contributed by atoms with van der Waals surface area (Å²) < 4.78 is 40.1. The number of rotatable bonds is 6. The molecule has 3 aromatic rings. The monoisotopic (exact) mass is 384 g/mol. The highest BCUT2D eigenvalue weighted by molar-refractivity contribution is 7.89. The quantitative estimate of drug-likeness (QED) is 0.682. The van der Waals surface area contributed by atoms with Crippen molar-refractivity contribution >= 4 is 21.6 Å². The highest BCUT2D eigenvalue weighted by atomic mass is 32.2. The summed E-state index contributed by atoms with van der Waals surface area (Å²) in [6, 6.07) is 20.2. The minimum absolute atomic E-state index is 0.0405. The van der Waals surface area contributed by atoms with Crippen LogP contribution in [0.25, 0.3) is 0 Å². The fourth-order valence-electron chi connectivity index (χ4n) is 2.37. The van der Waals surface area contributed by atoms with E-state index >= 15 is 0 Å². The molecule has 0 fully saturated rings. The summed E-state index contributed by atoms with van der Waals surface area (Å²) in [5, 5.41) is 2.73. The maximum atomic E-state index is 12.9. The summed E-state index contributed by atoms with van der Waals surface area (Å²) in [6.07, 6.45) is 0. The zero-order chi connectivity index (χ0) is 19.3. The molecule has 2 N–H and O–H groups in total. The molecule has 7 heteroatoms. The molecule has 0 radical (unpaired) electrons. The van der Waals surface area contributed by atoms with Crippen molar-refractivity contribution in [1.29, 1.82) is 0 Å². The Bertz CT molecular complexity index is 1020. The summed E-state index contributed by atoms with van der Waals surface area (Å²) in [5.74, 6) is -0.713. The van der Waals surface area contributed by atoms with Gasteiger partial charge in [0.1, 0.15) is 5.82 Å². The Morgan fingerprint density at radius 1 is 0.852 bits per heavy atom. The number of nitrogens with one attached hydrogen (secondary N) is 2. The van der Waals surface area contributed by atoms with Crippen LogP contribution in [-0.4, -0.2) is 14.3 Å². The Hall–Kier alpha value is -3.03. The summed E-state index contributed by atoms with van der Waals surface area (Å²) in [6.45, 7) is 0.0405. The van der Waals surface area contributed by atoms with Crippen LogP contribution in [0.4, 0.5) is 10.1 Å². The lowest BCUT2D eigenvalue weighted by Crippen LogP contribution is -2.23. The number of anilines is 1. The van der Waals surface area contributed by atoms with Gasteiger partial charge in [-0.1, -0.05) is 30.3 Å². The van der Waals surface area contributed by atoms with Gasteiger partial charge in [-0.15, -0.1) is 0 Å². The van der Waals surface area contributed by atoms with Gasteiger partial charge in [0.25, 0.3) is 5.91 Å². The van der Waals surface area contributed by atoms with Gasteiger partial charge in [-0.05, 0) is 54.1 Å². The van der Waals surface area contributed by atoms with E-state index in [0.29, 0.717) is 16.8 Å². The molecule has 0 aliphatic carbocycles. The van der Waals surface area contributed by atoms with Crippen molar-refractivity contribution in [2.24, 2.45) is 0 Å². The van der Waals surface area contributed by atoms with Crippen molar-refractivity contribution in [3.63, 3.8) is 0 Å². The number of halogens is 1. The maximum Gasteiger partial charge on any atom is 0.255 e. The van der Waals surface area contributed by atoms with Crippen molar-refractivity contribution in [3.05, 3.63) is 95.8 Å². The molecule has 0 heterocycles. The van der Waals surface area contributed by atoms with Gasteiger partial charge in [-0.3, -0.25) is 4.79 Å². The maximum absolute atomic E-state index is 12.9. The van der Waals surface area contributed by atoms with E-state index in [1.165, 1.54) is 48.5 Å². The molecule has 1 amide bonds. The van der Waals surface area contributed by atoms with E-state index in [1.807, 2.05) is 6.07 Å². The molecule has 0 aliphatic heterocycles. The normalized spacial score (nSPS) is 11.1. The lowest BCUT2D eigenvalue weighted by atomic mass is 10.2. The molecular weight excluding hydrogens is 367 g/mol. The third-order valence-corrected chi connectivity index (χ3v) is 5.26. The molecule has 0 saturated heterocycles. The third-order valence-electron chi connectivity index (χ3n) is 3.84. The van der Waals surface area contributed by atoms with Crippen LogP contribution in [0.3, 0.4) is 0 Å². The fourth-order valence-corrected chi connectivity index (χ4v) is 3.39. The van der Waals surface area contributed by atoms with Crippen LogP contribution >= 0.6 is 0 Å². The topological polar surface area (TPSA) is 75.3 Å². The lowest BCUT2D eigenvalue weighted by molar-refractivity contribution is 0.102. The molecule has 0 atom stereocenters. The first-order valence-electron chi connectivity index (χ1n) is 8.15. The van der Waals surface area contributed by atoms with Gasteiger partial charge in [0, 0.05) is 17.8 Å². The van der Waals surface area contributed by atoms with Gasteiger partial charge in [-0.25, -0.2) is 17.5 Å².